The normalized spacial score (nSPS) is 17.1. The van der Waals surface area contributed by atoms with Gasteiger partial charge in [-0.3, -0.25) is 0 Å². The molecule has 0 spiro atoms. The molecule has 2 aromatic carbocycles. The summed E-state index contributed by atoms with van der Waals surface area (Å²) in [4.78, 5) is 10.7. The molecule has 0 bridgehead atoms. The molecular formula is C23H23N3O. The molecule has 1 unspecified atom stereocenters. The van der Waals surface area contributed by atoms with E-state index in [1.54, 1.807) is 7.11 Å². The first-order valence-electron chi connectivity index (χ1n) is 9.55. The van der Waals surface area contributed by atoms with Gasteiger partial charge in [-0.2, -0.15) is 0 Å². The molecule has 2 aromatic heterocycles. The summed E-state index contributed by atoms with van der Waals surface area (Å²) in [5.74, 6) is 2.61. The topological polar surface area (TPSA) is 41.1 Å². The molecule has 0 aliphatic carbocycles. The van der Waals surface area contributed by atoms with E-state index in [4.69, 9.17) is 9.72 Å². The second-order valence-electron chi connectivity index (χ2n) is 7.38. The molecule has 3 heterocycles. The Bertz CT molecular complexity index is 1090. The second-order valence-corrected chi connectivity index (χ2v) is 7.38. The van der Waals surface area contributed by atoms with E-state index in [0.29, 0.717) is 5.92 Å². The van der Waals surface area contributed by atoms with E-state index < -0.39 is 0 Å². The number of ether oxygens (including phenoxy) is 1. The van der Waals surface area contributed by atoms with Crippen molar-refractivity contribution in [3.8, 4) is 5.75 Å². The smallest absolute Gasteiger partial charge is 0.152 e. The number of methoxy groups -OCH3 is 1. The minimum atomic E-state index is 0.675. The number of hydrogen-bond donors (Lipinski definition) is 1. The Labute approximate surface area is 158 Å². The Kier molecular flexibility index (Phi) is 3.97. The molecule has 0 saturated carbocycles. The quantitative estimate of drug-likeness (QED) is 0.571. The van der Waals surface area contributed by atoms with Crippen LogP contribution in [0.5, 0.6) is 5.75 Å². The summed E-state index contributed by atoms with van der Waals surface area (Å²) in [5, 5.41) is 2.44. The van der Waals surface area contributed by atoms with Gasteiger partial charge in [-0.15, -0.1) is 0 Å². The van der Waals surface area contributed by atoms with Crippen molar-refractivity contribution in [2.24, 2.45) is 5.92 Å². The van der Waals surface area contributed by atoms with E-state index >= 15 is 0 Å². The molecule has 0 amide bonds. The highest BCUT2D eigenvalue weighted by molar-refractivity contribution is 6.10. The molecule has 4 heteroatoms. The number of anilines is 1. The molecule has 1 aliphatic rings. The predicted molar refractivity (Wildman–Crippen MR) is 111 cm³/mol. The minimum absolute atomic E-state index is 0.675. The number of aromatic amines is 1. The molecule has 27 heavy (non-hydrogen) atoms. The fraction of sp³-hybridized carbons (Fsp3) is 0.261. The largest absolute Gasteiger partial charge is 0.497 e. The van der Waals surface area contributed by atoms with Crippen molar-refractivity contribution in [3.63, 3.8) is 0 Å². The van der Waals surface area contributed by atoms with Gasteiger partial charge in [0.15, 0.2) is 5.82 Å². The number of aromatic nitrogens is 2. The lowest BCUT2D eigenvalue weighted by atomic mass is 9.99. The third-order valence-corrected chi connectivity index (χ3v) is 5.66. The van der Waals surface area contributed by atoms with Crippen molar-refractivity contribution in [1.29, 1.82) is 0 Å². The number of fused-ring (bicyclic) bond motifs is 3. The van der Waals surface area contributed by atoms with Crippen molar-refractivity contribution in [2.75, 3.05) is 25.1 Å². The van der Waals surface area contributed by atoms with E-state index in [9.17, 15) is 0 Å². The fourth-order valence-corrected chi connectivity index (χ4v) is 4.30. The summed E-state index contributed by atoms with van der Waals surface area (Å²) in [7, 11) is 1.70. The van der Waals surface area contributed by atoms with Gasteiger partial charge >= 0.3 is 0 Å². The van der Waals surface area contributed by atoms with E-state index in [2.05, 4.69) is 58.4 Å². The number of benzene rings is 2. The Morgan fingerprint density at radius 1 is 1.11 bits per heavy atom. The highest BCUT2D eigenvalue weighted by Crippen LogP contribution is 2.34. The highest BCUT2D eigenvalue weighted by Gasteiger charge is 2.25. The summed E-state index contributed by atoms with van der Waals surface area (Å²) in [6, 6.07) is 19.1. The lowest BCUT2D eigenvalue weighted by molar-refractivity contribution is 0.415. The number of nitrogens with one attached hydrogen (secondary N) is 1. The van der Waals surface area contributed by atoms with Gasteiger partial charge in [0, 0.05) is 36.1 Å². The second kappa shape index (κ2) is 6.62. The molecule has 4 nitrogen and oxygen atoms in total. The van der Waals surface area contributed by atoms with E-state index in [1.807, 2.05) is 12.3 Å². The Hall–Kier alpha value is -3.01. The average molecular weight is 357 g/mol. The van der Waals surface area contributed by atoms with Gasteiger partial charge in [0.2, 0.25) is 0 Å². The summed E-state index contributed by atoms with van der Waals surface area (Å²) < 4.78 is 5.37. The number of pyridine rings is 1. The Morgan fingerprint density at radius 3 is 2.85 bits per heavy atom. The lowest BCUT2D eigenvalue weighted by Gasteiger charge is -2.18. The molecule has 136 valence electrons. The first kappa shape index (κ1) is 16.2. The molecule has 1 atom stereocenters. The lowest BCUT2D eigenvalue weighted by Crippen LogP contribution is -2.21. The summed E-state index contributed by atoms with van der Waals surface area (Å²) in [5.41, 5.74) is 3.65. The molecule has 1 fully saturated rings. The van der Waals surface area contributed by atoms with Crippen molar-refractivity contribution in [2.45, 2.75) is 12.8 Å². The predicted octanol–water partition coefficient (Wildman–Crippen LogP) is 4.79. The van der Waals surface area contributed by atoms with Gasteiger partial charge < -0.3 is 14.6 Å². The van der Waals surface area contributed by atoms with Gasteiger partial charge in [-0.1, -0.05) is 30.3 Å². The van der Waals surface area contributed by atoms with Crippen LogP contribution < -0.4 is 9.64 Å². The third-order valence-electron chi connectivity index (χ3n) is 5.66. The standard InChI is InChI=1S/C23H23N3O/c1-27-18-7-8-19-20-9-11-24-23(22(20)25-21(19)14-18)26-12-10-17(15-26)13-16-5-3-2-4-6-16/h2-9,11,14,17,25H,10,12-13,15H2,1H3. The van der Waals surface area contributed by atoms with E-state index in [0.717, 1.165) is 42.1 Å². The van der Waals surface area contributed by atoms with Crippen molar-refractivity contribution >= 4 is 27.6 Å². The number of nitrogens with zero attached hydrogens (tertiary/aromatic N) is 2. The Morgan fingerprint density at radius 2 is 2.00 bits per heavy atom. The van der Waals surface area contributed by atoms with Crippen LogP contribution in [0, 0.1) is 5.92 Å². The van der Waals surface area contributed by atoms with Crippen LogP contribution in [0.4, 0.5) is 5.82 Å². The zero-order chi connectivity index (χ0) is 18.2. The van der Waals surface area contributed by atoms with Gasteiger partial charge in [-0.25, -0.2) is 4.98 Å². The van der Waals surface area contributed by atoms with E-state index in [-0.39, 0.29) is 0 Å². The number of hydrogen-bond acceptors (Lipinski definition) is 3. The van der Waals surface area contributed by atoms with Gasteiger partial charge in [0.1, 0.15) is 5.75 Å². The molecule has 0 radical (unpaired) electrons. The molecule has 1 aliphatic heterocycles. The van der Waals surface area contributed by atoms with Crippen LogP contribution in [0.25, 0.3) is 21.8 Å². The summed E-state index contributed by atoms with van der Waals surface area (Å²) >= 11 is 0. The van der Waals surface area contributed by atoms with Crippen LogP contribution in [0.15, 0.2) is 60.8 Å². The summed E-state index contributed by atoms with van der Waals surface area (Å²) in [6.07, 6.45) is 4.28. The number of rotatable bonds is 4. The van der Waals surface area contributed by atoms with Crippen LogP contribution >= 0.6 is 0 Å². The van der Waals surface area contributed by atoms with Crippen molar-refractivity contribution in [1.82, 2.24) is 9.97 Å². The van der Waals surface area contributed by atoms with Gasteiger partial charge in [-0.05, 0) is 42.5 Å². The maximum Gasteiger partial charge on any atom is 0.152 e. The van der Waals surface area contributed by atoms with Crippen LogP contribution in [-0.2, 0) is 6.42 Å². The number of H-pyrrole nitrogens is 1. The minimum Gasteiger partial charge on any atom is -0.497 e. The van der Waals surface area contributed by atoms with Crippen LogP contribution in [0.2, 0.25) is 0 Å². The average Bonchev–Trinajstić information content (AvgIpc) is 3.32. The molecule has 1 N–H and O–H groups in total. The first-order chi connectivity index (χ1) is 13.3. The van der Waals surface area contributed by atoms with Gasteiger partial charge in [0.05, 0.1) is 18.1 Å². The van der Waals surface area contributed by atoms with Crippen molar-refractivity contribution in [3.05, 3.63) is 66.4 Å². The maximum atomic E-state index is 5.37. The SMILES string of the molecule is COc1ccc2c(c1)[nH]c1c(N3CCC(Cc4ccccc4)C3)nccc12. The first-order valence-corrected chi connectivity index (χ1v) is 9.55. The fourth-order valence-electron chi connectivity index (χ4n) is 4.30. The third kappa shape index (κ3) is 2.91. The van der Waals surface area contributed by atoms with Crippen LogP contribution in [0.3, 0.4) is 0 Å². The zero-order valence-electron chi connectivity index (χ0n) is 15.5. The molecule has 4 aromatic rings. The van der Waals surface area contributed by atoms with Gasteiger partial charge in [0.25, 0.3) is 0 Å². The summed E-state index contributed by atoms with van der Waals surface area (Å²) in [6.45, 7) is 2.11. The molecular weight excluding hydrogens is 334 g/mol. The monoisotopic (exact) mass is 357 g/mol. The maximum absolute atomic E-state index is 5.37. The van der Waals surface area contributed by atoms with Crippen molar-refractivity contribution < 1.29 is 4.74 Å². The van der Waals surface area contributed by atoms with E-state index in [1.165, 1.54) is 22.8 Å². The highest BCUT2D eigenvalue weighted by atomic mass is 16.5. The van der Waals surface area contributed by atoms with Crippen LogP contribution in [-0.4, -0.2) is 30.2 Å². The molecule has 5 rings (SSSR count). The van der Waals surface area contributed by atoms with Crippen LogP contribution in [0.1, 0.15) is 12.0 Å². The molecule has 1 saturated heterocycles. The Balaban J connectivity index is 1.46. The zero-order valence-corrected chi connectivity index (χ0v) is 15.5.